The molecule has 8 aromatic rings. The van der Waals surface area contributed by atoms with E-state index in [0.717, 1.165) is 0 Å². The van der Waals surface area contributed by atoms with Crippen LogP contribution in [-0.2, 0) is 0 Å². The van der Waals surface area contributed by atoms with E-state index in [1.165, 1.54) is 85.3 Å². The fraction of sp³-hybridized carbons (Fsp3) is 0. The topological polar surface area (TPSA) is 0 Å². The van der Waals surface area contributed by atoms with Gasteiger partial charge in [-0.25, -0.2) is 0 Å². The molecule has 0 unspecified atom stereocenters. The molecule has 0 spiro atoms. The van der Waals surface area contributed by atoms with Gasteiger partial charge in [0.05, 0.1) is 0 Å². The van der Waals surface area contributed by atoms with Crippen LogP contribution in [0.5, 0.6) is 0 Å². The van der Waals surface area contributed by atoms with Gasteiger partial charge in [0.2, 0.25) is 0 Å². The molecule has 0 aliphatic carbocycles. The third-order valence-electron chi connectivity index (χ3n) is 8.73. The van der Waals surface area contributed by atoms with E-state index in [4.69, 9.17) is 0 Å². The highest BCUT2D eigenvalue weighted by Gasteiger charge is 2.17. The van der Waals surface area contributed by atoms with E-state index in [1.807, 2.05) is 23.5 Å². The number of hydrogen-bond donors (Lipinski definition) is 0. The van der Waals surface area contributed by atoms with Crippen molar-refractivity contribution in [1.82, 2.24) is 0 Å². The molecule has 44 heavy (non-hydrogen) atoms. The molecule has 0 bridgehead atoms. The molecule has 8 aromatic carbocycles. The highest BCUT2D eigenvalue weighted by molar-refractivity contribution is 8.05. The molecule has 2 heteroatoms. The maximum atomic E-state index is 2.38. The van der Waals surface area contributed by atoms with E-state index in [9.17, 15) is 0 Å². The van der Waals surface area contributed by atoms with Gasteiger partial charge in [-0.05, 0) is 102 Å². The molecule has 0 amide bonds. The predicted octanol–water partition coefficient (Wildman–Crippen LogP) is 12.8. The van der Waals surface area contributed by atoms with Gasteiger partial charge in [-0.2, -0.15) is 0 Å². The van der Waals surface area contributed by atoms with Crippen LogP contribution in [0.1, 0.15) is 0 Å². The second-order valence-electron chi connectivity index (χ2n) is 11.3. The fourth-order valence-electron chi connectivity index (χ4n) is 6.51. The van der Waals surface area contributed by atoms with Crippen LogP contribution in [0.4, 0.5) is 0 Å². The van der Waals surface area contributed by atoms with Crippen LogP contribution < -0.4 is 0 Å². The van der Waals surface area contributed by atoms with Crippen LogP contribution in [0.25, 0.3) is 65.7 Å². The lowest BCUT2D eigenvalue weighted by atomic mass is 9.90. The molecular formula is C42H26S2. The smallest absolute Gasteiger partial charge is 0.0268 e. The molecule has 0 N–H and O–H groups in total. The minimum absolute atomic E-state index is 1.23. The zero-order chi connectivity index (χ0) is 29.0. The van der Waals surface area contributed by atoms with Gasteiger partial charge in [-0.15, -0.1) is 0 Å². The SMILES string of the molecule is c1ccc(-c2ccc3c4ccc(-c5ccc(-c6ccc7c(c6)Sc6ccccc6S7)cc5)cc4c4ccccc4c3c2)cc1. The molecule has 206 valence electrons. The average molecular weight is 595 g/mol. The van der Waals surface area contributed by atoms with E-state index >= 15 is 0 Å². The van der Waals surface area contributed by atoms with Crippen molar-refractivity contribution in [2.24, 2.45) is 0 Å². The second kappa shape index (κ2) is 10.4. The first-order chi connectivity index (χ1) is 21.8. The lowest BCUT2D eigenvalue weighted by molar-refractivity contribution is 1.16. The van der Waals surface area contributed by atoms with Crippen molar-refractivity contribution in [2.75, 3.05) is 0 Å². The quantitative estimate of drug-likeness (QED) is 0.187. The van der Waals surface area contributed by atoms with Crippen LogP contribution in [0.15, 0.2) is 177 Å². The van der Waals surface area contributed by atoms with Gasteiger partial charge >= 0.3 is 0 Å². The van der Waals surface area contributed by atoms with Crippen LogP contribution in [0.2, 0.25) is 0 Å². The molecule has 0 aromatic heterocycles. The van der Waals surface area contributed by atoms with E-state index < -0.39 is 0 Å². The largest absolute Gasteiger partial charge is 0.0877 e. The maximum Gasteiger partial charge on any atom is 0.0268 e. The maximum absolute atomic E-state index is 2.38. The number of rotatable bonds is 3. The standard InChI is InChI=1S/C42H26S2/c1-2-8-27(9-3-1)30-18-21-35-36-22-19-31(25-38(36)34-11-5-4-10-33(34)37(35)24-30)28-14-16-29(17-15-28)32-20-23-41-42(26-32)44-40-13-7-6-12-39(40)43-41/h1-26H. The van der Waals surface area contributed by atoms with Crippen molar-refractivity contribution >= 4 is 55.8 Å². The van der Waals surface area contributed by atoms with Crippen molar-refractivity contribution in [3.05, 3.63) is 158 Å². The molecule has 0 saturated heterocycles. The zero-order valence-electron chi connectivity index (χ0n) is 23.8. The van der Waals surface area contributed by atoms with Crippen LogP contribution in [-0.4, -0.2) is 0 Å². The Bertz CT molecular complexity index is 2350. The van der Waals surface area contributed by atoms with E-state index in [0.29, 0.717) is 0 Å². The van der Waals surface area contributed by atoms with Gasteiger partial charge in [-0.3, -0.25) is 0 Å². The van der Waals surface area contributed by atoms with Gasteiger partial charge in [0, 0.05) is 19.6 Å². The molecule has 0 nitrogen and oxygen atoms in total. The van der Waals surface area contributed by atoms with Crippen LogP contribution in [0, 0.1) is 0 Å². The second-order valence-corrected chi connectivity index (χ2v) is 13.5. The summed E-state index contributed by atoms with van der Waals surface area (Å²) in [5, 5.41) is 7.79. The first kappa shape index (κ1) is 25.7. The molecule has 1 heterocycles. The summed E-state index contributed by atoms with van der Waals surface area (Å²) in [5.41, 5.74) is 7.47. The summed E-state index contributed by atoms with van der Waals surface area (Å²) in [7, 11) is 0. The summed E-state index contributed by atoms with van der Waals surface area (Å²) in [6.07, 6.45) is 0. The van der Waals surface area contributed by atoms with Crippen molar-refractivity contribution in [3.8, 4) is 33.4 Å². The molecule has 0 saturated carbocycles. The number of fused-ring (bicyclic) bond motifs is 8. The Morgan fingerprint density at radius 3 is 1.20 bits per heavy atom. The molecule has 0 fully saturated rings. The number of hydrogen-bond acceptors (Lipinski definition) is 2. The Kier molecular flexibility index (Phi) is 6.11. The van der Waals surface area contributed by atoms with E-state index in [-0.39, 0.29) is 0 Å². The predicted molar refractivity (Wildman–Crippen MR) is 190 cm³/mol. The third kappa shape index (κ3) is 4.33. The van der Waals surface area contributed by atoms with Gasteiger partial charge < -0.3 is 0 Å². The number of benzene rings is 8. The lowest BCUT2D eigenvalue weighted by Crippen LogP contribution is -1.90. The first-order valence-corrected chi connectivity index (χ1v) is 16.6. The van der Waals surface area contributed by atoms with E-state index in [2.05, 4.69) is 158 Å². The van der Waals surface area contributed by atoms with Crippen molar-refractivity contribution in [1.29, 1.82) is 0 Å². The Morgan fingerprint density at radius 2 is 0.614 bits per heavy atom. The molecule has 9 rings (SSSR count). The Balaban J connectivity index is 1.10. The highest BCUT2D eigenvalue weighted by atomic mass is 32.2. The van der Waals surface area contributed by atoms with Gasteiger partial charge in [0.15, 0.2) is 0 Å². The summed E-state index contributed by atoms with van der Waals surface area (Å²) in [6.45, 7) is 0. The van der Waals surface area contributed by atoms with Gasteiger partial charge in [0.25, 0.3) is 0 Å². The average Bonchev–Trinajstić information content (AvgIpc) is 3.10. The molecule has 1 aliphatic heterocycles. The summed E-state index contributed by atoms with van der Waals surface area (Å²) in [5.74, 6) is 0. The van der Waals surface area contributed by atoms with Crippen LogP contribution in [0.3, 0.4) is 0 Å². The Labute approximate surface area is 265 Å². The summed E-state index contributed by atoms with van der Waals surface area (Å²) in [4.78, 5) is 5.35. The third-order valence-corrected chi connectivity index (χ3v) is 11.3. The normalized spacial score (nSPS) is 12.4. The molecular weight excluding hydrogens is 569 g/mol. The molecule has 0 atom stereocenters. The van der Waals surface area contributed by atoms with Crippen molar-refractivity contribution in [3.63, 3.8) is 0 Å². The van der Waals surface area contributed by atoms with Crippen molar-refractivity contribution in [2.45, 2.75) is 19.6 Å². The molecule has 0 radical (unpaired) electrons. The summed E-state index contributed by atoms with van der Waals surface area (Å²) in [6, 6.07) is 58.0. The summed E-state index contributed by atoms with van der Waals surface area (Å²) >= 11 is 3.74. The van der Waals surface area contributed by atoms with E-state index in [1.54, 1.807) is 0 Å². The first-order valence-electron chi connectivity index (χ1n) is 14.9. The summed E-state index contributed by atoms with van der Waals surface area (Å²) < 4.78 is 0. The highest BCUT2D eigenvalue weighted by Crippen LogP contribution is 2.49. The Hall–Kier alpha value is -4.76. The van der Waals surface area contributed by atoms with Gasteiger partial charge in [-0.1, -0.05) is 145 Å². The minimum atomic E-state index is 1.23. The van der Waals surface area contributed by atoms with Gasteiger partial charge in [0.1, 0.15) is 0 Å². The zero-order valence-corrected chi connectivity index (χ0v) is 25.5. The molecule has 1 aliphatic rings. The van der Waals surface area contributed by atoms with Crippen LogP contribution >= 0.6 is 23.5 Å². The fourth-order valence-corrected chi connectivity index (χ4v) is 8.76. The Morgan fingerprint density at radius 1 is 0.227 bits per heavy atom. The lowest BCUT2D eigenvalue weighted by Gasteiger charge is -2.19. The monoisotopic (exact) mass is 594 g/mol. The minimum Gasteiger partial charge on any atom is -0.0877 e. The van der Waals surface area contributed by atoms with Crippen molar-refractivity contribution < 1.29 is 0 Å².